The number of phenolic OH excluding ortho intramolecular Hbond substituents is 2. The summed E-state index contributed by atoms with van der Waals surface area (Å²) in [5, 5.41) is 20.4. The average Bonchev–Trinajstić information content (AvgIpc) is 2.74. The molecule has 0 bridgehead atoms. The van der Waals surface area contributed by atoms with Crippen LogP contribution in [0.5, 0.6) is 23.0 Å². The standard InChI is InChI=1S/C23H28Cl2O5/c1-15(17-5-7-21(19(26)13-17)29-11-3-9-24)23(28)16(2)18-6-8-22(20(27)14-18)30-12-4-10-25/h5-8,13-16,26-27H,3-4,9-12H2,1-2H3. The maximum Gasteiger partial charge on any atom is 0.160 e. The first kappa shape index (κ1) is 24.2. The van der Waals surface area contributed by atoms with Crippen molar-refractivity contribution in [2.75, 3.05) is 25.0 Å². The second kappa shape index (κ2) is 11.9. The zero-order valence-corrected chi connectivity index (χ0v) is 18.7. The normalized spacial score (nSPS) is 12.9. The van der Waals surface area contributed by atoms with Crippen molar-refractivity contribution in [3.8, 4) is 23.0 Å². The largest absolute Gasteiger partial charge is 0.504 e. The lowest BCUT2D eigenvalue weighted by Crippen LogP contribution is -2.16. The minimum absolute atomic E-state index is 0.00883. The summed E-state index contributed by atoms with van der Waals surface area (Å²) < 4.78 is 11.0. The number of halogens is 2. The average molecular weight is 455 g/mol. The fraction of sp³-hybridized carbons (Fsp3) is 0.435. The van der Waals surface area contributed by atoms with Crippen molar-refractivity contribution in [3.63, 3.8) is 0 Å². The van der Waals surface area contributed by atoms with Gasteiger partial charge in [-0.05, 0) is 48.2 Å². The van der Waals surface area contributed by atoms with E-state index in [2.05, 4.69) is 0 Å². The van der Waals surface area contributed by atoms with E-state index in [1.807, 2.05) is 0 Å². The zero-order valence-electron chi connectivity index (χ0n) is 17.2. The smallest absolute Gasteiger partial charge is 0.160 e. The van der Waals surface area contributed by atoms with Gasteiger partial charge in [0.2, 0.25) is 0 Å². The predicted octanol–water partition coefficient (Wildman–Crippen LogP) is 5.59. The molecule has 7 heteroatoms. The summed E-state index contributed by atoms with van der Waals surface area (Å²) in [4.78, 5) is 13.0. The topological polar surface area (TPSA) is 76.0 Å². The first-order valence-corrected chi connectivity index (χ1v) is 11.0. The first-order valence-electron chi connectivity index (χ1n) is 9.96. The van der Waals surface area contributed by atoms with Crippen LogP contribution in [0.2, 0.25) is 0 Å². The Bertz CT molecular complexity index is 773. The summed E-state index contributed by atoms with van der Waals surface area (Å²) >= 11 is 11.3. The van der Waals surface area contributed by atoms with Crippen LogP contribution in [0.4, 0.5) is 0 Å². The van der Waals surface area contributed by atoms with Crippen LogP contribution in [0.3, 0.4) is 0 Å². The summed E-state index contributed by atoms with van der Waals surface area (Å²) in [6.45, 7) is 4.42. The van der Waals surface area contributed by atoms with Gasteiger partial charge >= 0.3 is 0 Å². The molecular weight excluding hydrogens is 427 g/mol. The van der Waals surface area contributed by atoms with Crippen LogP contribution >= 0.6 is 23.2 Å². The summed E-state index contributed by atoms with van der Waals surface area (Å²) in [5.41, 5.74) is 1.39. The molecule has 0 radical (unpaired) electrons. The monoisotopic (exact) mass is 454 g/mol. The van der Waals surface area contributed by atoms with Crippen LogP contribution in [0.25, 0.3) is 0 Å². The Morgan fingerprint density at radius 3 is 1.57 bits per heavy atom. The molecule has 0 amide bonds. The van der Waals surface area contributed by atoms with E-state index in [9.17, 15) is 15.0 Å². The Morgan fingerprint density at radius 2 is 1.23 bits per heavy atom. The van der Waals surface area contributed by atoms with Gasteiger partial charge in [0.15, 0.2) is 23.0 Å². The molecule has 0 saturated carbocycles. The van der Waals surface area contributed by atoms with Crippen molar-refractivity contribution in [3.05, 3.63) is 47.5 Å². The van der Waals surface area contributed by atoms with E-state index in [-0.39, 0.29) is 17.3 Å². The van der Waals surface area contributed by atoms with Crippen molar-refractivity contribution < 1.29 is 24.5 Å². The molecule has 2 N–H and O–H groups in total. The van der Waals surface area contributed by atoms with Crippen molar-refractivity contribution in [2.45, 2.75) is 38.5 Å². The van der Waals surface area contributed by atoms with Crippen molar-refractivity contribution >= 4 is 29.0 Å². The fourth-order valence-electron chi connectivity index (χ4n) is 3.03. The van der Waals surface area contributed by atoms with Gasteiger partial charge in [0, 0.05) is 23.6 Å². The third-order valence-electron chi connectivity index (χ3n) is 4.89. The molecule has 5 nitrogen and oxygen atoms in total. The SMILES string of the molecule is CC(C(=O)C(C)c1ccc(OCCCCl)c(O)c1)c1ccc(OCCCCl)c(O)c1. The molecule has 0 aliphatic heterocycles. The van der Waals surface area contributed by atoms with Gasteiger partial charge in [-0.15, -0.1) is 23.2 Å². The molecule has 0 saturated heterocycles. The lowest BCUT2D eigenvalue weighted by Gasteiger charge is -2.19. The maximum absolute atomic E-state index is 13.0. The summed E-state index contributed by atoms with van der Waals surface area (Å²) in [6.07, 6.45) is 1.36. The van der Waals surface area contributed by atoms with E-state index < -0.39 is 11.8 Å². The van der Waals surface area contributed by atoms with E-state index in [0.717, 1.165) is 0 Å². The van der Waals surface area contributed by atoms with E-state index in [0.29, 0.717) is 60.4 Å². The van der Waals surface area contributed by atoms with Gasteiger partial charge in [0.1, 0.15) is 5.78 Å². The Balaban J connectivity index is 2.08. The second-order valence-electron chi connectivity index (χ2n) is 7.08. The maximum atomic E-state index is 13.0. The fourth-order valence-corrected chi connectivity index (χ4v) is 3.25. The van der Waals surface area contributed by atoms with Gasteiger partial charge in [0.25, 0.3) is 0 Å². The number of phenols is 2. The number of hydrogen-bond acceptors (Lipinski definition) is 5. The molecule has 0 aliphatic carbocycles. The van der Waals surface area contributed by atoms with Crippen molar-refractivity contribution in [2.24, 2.45) is 0 Å². The van der Waals surface area contributed by atoms with Crippen LogP contribution in [0.1, 0.15) is 49.7 Å². The molecule has 0 heterocycles. The number of ketones is 1. The lowest BCUT2D eigenvalue weighted by molar-refractivity contribution is -0.121. The Morgan fingerprint density at radius 1 is 0.833 bits per heavy atom. The summed E-state index contributed by atoms with van der Waals surface area (Å²) in [6, 6.07) is 9.97. The molecular formula is C23H28Cl2O5. The molecule has 30 heavy (non-hydrogen) atoms. The van der Waals surface area contributed by atoms with Gasteiger partial charge in [-0.1, -0.05) is 26.0 Å². The number of benzene rings is 2. The molecule has 2 aromatic carbocycles. The number of ether oxygens (including phenoxy) is 2. The van der Waals surface area contributed by atoms with Crippen LogP contribution in [0, 0.1) is 0 Å². The number of hydrogen-bond donors (Lipinski definition) is 2. The highest BCUT2D eigenvalue weighted by Crippen LogP contribution is 2.35. The van der Waals surface area contributed by atoms with Crippen molar-refractivity contribution in [1.82, 2.24) is 0 Å². The summed E-state index contributed by atoms with van der Waals surface area (Å²) in [7, 11) is 0. The molecule has 0 fully saturated rings. The molecule has 164 valence electrons. The number of aromatic hydroxyl groups is 2. The zero-order chi connectivity index (χ0) is 22.1. The van der Waals surface area contributed by atoms with Crippen LogP contribution < -0.4 is 9.47 Å². The Hall–Kier alpha value is -2.11. The number of carbonyl (C=O) groups is 1. The quantitative estimate of drug-likeness (QED) is 0.322. The Kier molecular flexibility index (Phi) is 9.60. The lowest BCUT2D eigenvalue weighted by atomic mass is 9.85. The highest BCUT2D eigenvalue weighted by molar-refractivity contribution is 6.18. The van der Waals surface area contributed by atoms with Gasteiger partial charge in [-0.25, -0.2) is 0 Å². The molecule has 2 rings (SSSR count). The van der Waals surface area contributed by atoms with Crippen molar-refractivity contribution in [1.29, 1.82) is 0 Å². The van der Waals surface area contributed by atoms with Crippen LogP contribution in [-0.2, 0) is 4.79 Å². The van der Waals surface area contributed by atoms with E-state index >= 15 is 0 Å². The van der Waals surface area contributed by atoms with Crippen LogP contribution in [0.15, 0.2) is 36.4 Å². The van der Waals surface area contributed by atoms with Crippen LogP contribution in [-0.4, -0.2) is 41.0 Å². The van der Waals surface area contributed by atoms with E-state index in [4.69, 9.17) is 32.7 Å². The molecule has 0 aromatic heterocycles. The van der Waals surface area contributed by atoms with Gasteiger partial charge in [-0.2, -0.15) is 0 Å². The number of Topliss-reactive ketones (excluding diaryl/α,β-unsaturated/α-hetero) is 1. The van der Waals surface area contributed by atoms with Gasteiger partial charge in [-0.3, -0.25) is 4.79 Å². The third kappa shape index (κ3) is 6.44. The van der Waals surface area contributed by atoms with E-state index in [1.165, 1.54) is 0 Å². The molecule has 2 aromatic rings. The second-order valence-corrected chi connectivity index (χ2v) is 7.84. The molecule has 2 unspecified atom stereocenters. The third-order valence-corrected chi connectivity index (χ3v) is 5.43. The summed E-state index contributed by atoms with van der Waals surface area (Å²) in [5.74, 6) is 0.777. The Labute approximate surface area is 187 Å². The molecule has 0 spiro atoms. The minimum atomic E-state index is -0.440. The van der Waals surface area contributed by atoms with E-state index in [1.54, 1.807) is 50.2 Å². The molecule has 2 atom stereocenters. The van der Waals surface area contributed by atoms with Gasteiger partial charge < -0.3 is 19.7 Å². The highest BCUT2D eigenvalue weighted by atomic mass is 35.5. The predicted molar refractivity (Wildman–Crippen MR) is 120 cm³/mol. The number of rotatable bonds is 12. The molecule has 0 aliphatic rings. The highest BCUT2D eigenvalue weighted by Gasteiger charge is 2.24. The number of alkyl halides is 2. The number of carbonyl (C=O) groups excluding carboxylic acids is 1. The first-order chi connectivity index (χ1) is 14.4. The minimum Gasteiger partial charge on any atom is -0.504 e. The van der Waals surface area contributed by atoms with Gasteiger partial charge in [0.05, 0.1) is 13.2 Å².